The lowest BCUT2D eigenvalue weighted by Gasteiger charge is -2.38. The van der Waals surface area contributed by atoms with Crippen LogP contribution in [0.2, 0.25) is 5.02 Å². The zero-order valence-corrected chi connectivity index (χ0v) is 22.7. The Morgan fingerprint density at radius 3 is 2.35 bits per heavy atom. The first-order chi connectivity index (χ1) is 17.5. The molecule has 0 spiro atoms. The van der Waals surface area contributed by atoms with Crippen molar-refractivity contribution < 1.29 is 18.1 Å². The SMILES string of the molecule is Cc1ccc(S(=O)N(C(=O)OC(C)(C)C)c2cncnc2N2CCN(c3ccc(Cl)cc3F)CC2)cc1. The van der Waals surface area contributed by atoms with E-state index in [-0.39, 0.29) is 11.5 Å². The van der Waals surface area contributed by atoms with Crippen LogP contribution < -0.4 is 14.1 Å². The lowest BCUT2D eigenvalue weighted by Crippen LogP contribution is -2.48. The van der Waals surface area contributed by atoms with Crippen molar-refractivity contribution in [3.63, 3.8) is 0 Å². The maximum absolute atomic E-state index is 14.5. The van der Waals surface area contributed by atoms with Gasteiger partial charge in [0.05, 0.1) is 16.8 Å². The Labute approximate surface area is 223 Å². The Hall–Kier alpha value is -3.24. The molecule has 0 bridgehead atoms. The Balaban J connectivity index is 1.64. The predicted octanol–water partition coefficient (Wildman–Crippen LogP) is 5.37. The lowest BCUT2D eigenvalue weighted by molar-refractivity contribution is 0.0610. The molecule has 1 atom stereocenters. The largest absolute Gasteiger partial charge is 0.443 e. The van der Waals surface area contributed by atoms with Gasteiger partial charge in [-0.2, -0.15) is 4.31 Å². The van der Waals surface area contributed by atoms with E-state index in [0.717, 1.165) is 9.87 Å². The number of carbonyl (C=O) groups excluding carboxylic acids is 1. The maximum atomic E-state index is 14.5. The molecule has 2 heterocycles. The highest BCUT2D eigenvalue weighted by atomic mass is 35.5. The van der Waals surface area contributed by atoms with Gasteiger partial charge in [0.2, 0.25) is 0 Å². The van der Waals surface area contributed by atoms with Crippen molar-refractivity contribution in [1.82, 2.24) is 9.97 Å². The second kappa shape index (κ2) is 11.0. The van der Waals surface area contributed by atoms with E-state index in [2.05, 4.69) is 9.97 Å². The second-order valence-electron chi connectivity index (χ2n) is 9.64. The fourth-order valence-corrected chi connectivity index (χ4v) is 5.14. The van der Waals surface area contributed by atoms with Crippen LogP contribution in [0.4, 0.5) is 26.4 Å². The quantitative estimate of drug-likeness (QED) is 0.426. The van der Waals surface area contributed by atoms with Gasteiger partial charge in [0, 0.05) is 31.2 Å². The highest BCUT2D eigenvalue weighted by molar-refractivity contribution is 7.87. The van der Waals surface area contributed by atoms with Gasteiger partial charge in [-0.15, -0.1) is 0 Å². The topological polar surface area (TPSA) is 78.9 Å². The Kier molecular flexibility index (Phi) is 7.99. The van der Waals surface area contributed by atoms with E-state index in [1.807, 2.05) is 28.9 Å². The van der Waals surface area contributed by atoms with Gasteiger partial charge in [0.1, 0.15) is 23.4 Å². The number of rotatable bonds is 5. The minimum Gasteiger partial charge on any atom is -0.443 e. The summed E-state index contributed by atoms with van der Waals surface area (Å²) in [5.41, 5.74) is 0.935. The number of hydrogen-bond donors (Lipinski definition) is 0. The highest BCUT2D eigenvalue weighted by Gasteiger charge is 2.33. The molecule has 1 fully saturated rings. The lowest BCUT2D eigenvalue weighted by atomic mass is 10.2. The van der Waals surface area contributed by atoms with Crippen LogP contribution in [0.15, 0.2) is 59.9 Å². The van der Waals surface area contributed by atoms with E-state index in [4.69, 9.17) is 16.3 Å². The van der Waals surface area contributed by atoms with E-state index in [0.29, 0.717) is 47.6 Å². The summed E-state index contributed by atoms with van der Waals surface area (Å²) in [6.45, 7) is 9.17. The van der Waals surface area contributed by atoms with Gasteiger partial charge in [-0.05, 0) is 58.0 Å². The molecule has 1 unspecified atom stereocenters. The molecule has 0 radical (unpaired) electrons. The van der Waals surface area contributed by atoms with Crippen molar-refractivity contribution in [3.8, 4) is 0 Å². The van der Waals surface area contributed by atoms with Crippen LogP contribution in [0.25, 0.3) is 0 Å². The molecule has 1 amide bonds. The number of nitrogens with zero attached hydrogens (tertiary/aromatic N) is 5. The maximum Gasteiger partial charge on any atom is 0.427 e. The summed E-state index contributed by atoms with van der Waals surface area (Å²) >= 11 is 5.90. The van der Waals surface area contributed by atoms with Crippen molar-refractivity contribution >= 4 is 45.9 Å². The zero-order valence-electron chi connectivity index (χ0n) is 21.1. The molecule has 196 valence electrons. The summed E-state index contributed by atoms with van der Waals surface area (Å²) in [6.07, 6.45) is 2.07. The van der Waals surface area contributed by atoms with Gasteiger partial charge in [-0.3, -0.25) is 0 Å². The first-order valence-electron chi connectivity index (χ1n) is 11.8. The van der Waals surface area contributed by atoms with Gasteiger partial charge in [-0.25, -0.2) is 23.4 Å². The molecule has 0 aliphatic carbocycles. The molecule has 1 aliphatic heterocycles. The van der Waals surface area contributed by atoms with Crippen LogP contribution >= 0.6 is 11.6 Å². The minimum absolute atomic E-state index is 0.266. The molecule has 1 aliphatic rings. The Morgan fingerprint density at radius 2 is 1.73 bits per heavy atom. The average Bonchev–Trinajstić information content (AvgIpc) is 2.84. The summed E-state index contributed by atoms with van der Waals surface area (Å²) < 4.78 is 34.9. The van der Waals surface area contributed by atoms with Crippen LogP contribution in [0.5, 0.6) is 0 Å². The average molecular weight is 546 g/mol. The third-order valence-electron chi connectivity index (χ3n) is 5.67. The molecule has 4 rings (SSSR count). The summed E-state index contributed by atoms with van der Waals surface area (Å²) in [5, 5.41) is 0.342. The molecule has 0 saturated carbocycles. The van der Waals surface area contributed by atoms with Gasteiger partial charge in [-0.1, -0.05) is 29.3 Å². The number of benzene rings is 2. The van der Waals surface area contributed by atoms with Crippen molar-refractivity contribution in [2.75, 3.05) is 40.3 Å². The predicted molar refractivity (Wildman–Crippen MR) is 144 cm³/mol. The molecule has 2 aromatic carbocycles. The number of aryl methyl sites for hydroxylation is 1. The number of halogens is 2. The van der Waals surface area contributed by atoms with E-state index in [1.165, 1.54) is 18.6 Å². The molecule has 1 aromatic heterocycles. The van der Waals surface area contributed by atoms with Crippen LogP contribution in [-0.4, -0.2) is 52.1 Å². The van der Waals surface area contributed by atoms with Crippen molar-refractivity contribution in [3.05, 3.63) is 71.4 Å². The third-order valence-corrected chi connectivity index (χ3v) is 7.26. The van der Waals surface area contributed by atoms with E-state index in [9.17, 15) is 13.4 Å². The van der Waals surface area contributed by atoms with E-state index in [1.54, 1.807) is 45.0 Å². The summed E-state index contributed by atoms with van der Waals surface area (Å²) in [5.74, 6) is 0.0609. The molecule has 11 heteroatoms. The van der Waals surface area contributed by atoms with Crippen molar-refractivity contribution in [2.45, 2.75) is 38.2 Å². The van der Waals surface area contributed by atoms with Crippen LogP contribution in [0.1, 0.15) is 26.3 Å². The Morgan fingerprint density at radius 1 is 1.08 bits per heavy atom. The molecule has 1 saturated heterocycles. The van der Waals surface area contributed by atoms with Crippen molar-refractivity contribution in [1.29, 1.82) is 0 Å². The monoisotopic (exact) mass is 545 g/mol. The number of carbonyl (C=O) groups is 1. The summed E-state index contributed by atoms with van der Waals surface area (Å²) in [6, 6.07) is 11.7. The molecule has 0 N–H and O–H groups in total. The molecule has 8 nitrogen and oxygen atoms in total. The molecule has 3 aromatic rings. The zero-order chi connectivity index (χ0) is 26.7. The van der Waals surface area contributed by atoms with E-state index < -0.39 is 22.7 Å². The molecular weight excluding hydrogens is 517 g/mol. The number of hydrogen-bond acceptors (Lipinski definition) is 7. The number of amides is 1. The van der Waals surface area contributed by atoms with Gasteiger partial charge < -0.3 is 14.5 Å². The van der Waals surface area contributed by atoms with Gasteiger partial charge >= 0.3 is 6.09 Å². The minimum atomic E-state index is -1.92. The highest BCUT2D eigenvalue weighted by Crippen LogP contribution is 2.32. The van der Waals surface area contributed by atoms with E-state index >= 15 is 0 Å². The summed E-state index contributed by atoms with van der Waals surface area (Å²) in [4.78, 5) is 26.2. The molecular formula is C26H29ClFN5O3S. The number of anilines is 3. The second-order valence-corrected chi connectivity index (χ2v) is 11.4. The first kappa shape index (κ1) is 26.8. The first-order valence-corrected chi connectivity index (χ1v) is 13.3. The molecule has 37 heavy (non-hydrogen) atoms. The Bertz CT molecular complexity index is 1290. The van der Waals surface area contributed by atoms with Crippen molar-refractivity contribution in [2.24, 2.45) is 0 Å². The van der Waals surface area contributed by atoms with Crippen LogP contribution in [0, 0.1) is 12.7 Å². The fourth-order valence-electron chi connectivity index (χ4n) is 3.92. The van der Waals surface area contributed by atoms with Crippen LogP contribution in [0.3, 0.4) is 0 Å². The normalized spacial score (nSPS) is 14.9. The smallest absolute Gasteiger partial charge is 0.427 e. The van der Waals surface area contributed by atoms with Gasteiger partial charge in [0.15, 0.2) is 16.8 Å². The standard InChI is InChI=1S/C26H29ClFN5O3S/c1-18-5-8-20(9-6-18)37(35)33(25(34)36-26(2,3)4)23-16-29-17-30-24(23)32-13-11-31(12-14-32)22-10-7-19(27)15-21(22)28/h5-10,15-17H,11-14H2,1-4H3. The number of ether oxygens (including phenoxy) is 1. The third kappa shape index (κ3) is 6.37. The van der Waals surface area contributed by atoms with Gasteiger partial charge in [0.25, 0.3) is 0 Å². The number of aromatic nitrogens is 2. The van der Waals surface area contributed by atoms with Crippen LogP contribution in [-0.2, 0) is 15.7 Å². The number of piperazine rings is 1. The summed E-state index contributed by atoms with van der Waals surface area (Å²) in [7, 11) is -1.92. The fraction of sp³-hybridized carbons (Fsp3) is 0.346.